The van der Waals surface area contributed by atoms with Gasteiger partial charge in [-0.1, -0.05) is 0 Å². The number of nitrogens with two attached hydrogens (primary N) is 1. The molecular weight excluding hydrogens is 170 g/mol. The van der Waals surface area contributed by atoms with Crippen LogP contribution in [0.1, 0.15) is 18.5 Å². The lowest BCUT2D eigenvalue weighted by Gasteiger charge is -2.15. The third-order valence-corrected chi connectivity index (χ3v) is 1.83. The van der Waals surface area contributed by atoms with Crippen LogP contribution in [0, 0.1) is 0 Å². The van der Waals surface area contributed by atoms with Gasteiger partial charge in [0.1, 0.15) is 11.5 Å². The molecule has 4 heteroatoms. The van der Waals surface area contributed by atoms with Crippen LogP contribution in [0.25, 0.3) is 0 Å². The summed E-state index contributed by atoms with van der Waals surface area (Å²) in [6, 6.07) is 3.44. The molecule has 0 aliphatic heterocycles. The normalized spacial score (nSPS) is 15.3. The van der Waals surface area contributed by atoms with Crippen molar-refractivity contribution in [2.24, 2.45) is 5.73 Å². The average Bonchev–Trinajstić information content (AvgIpc) is 2.01. The summed E-state index contributed by atoms with van der Waals surface area (Å²) in [6.07, 6.45) is -0.721. The fraction of sp³-hybridized carbons (Fsp3) is 0.333. The van der Waals surface area contributed by atoms with Crippen molar-refractivity contribution in [3.63, 3.8) is 0 Å². The first-order valence-electron chi connectivity index (χ1n) is 3.97. The van der Waals surface area contributed by atoms with E-state index in [9.17, 15) is 0 Å². The van der Waals surface area contributed by atoms with Crippen molar-refractivity contribution >= 4 is 0 Å². The van der Waals surface area contributed by atoms with Crippen molar-refractivity contribution in [3.05, 3.63) is 23.8 Å². The molecule has 0 spiro atoms. The molecule has 0 fully saturated rings. The zero-order valence-electron chi connectivity index (χ0n) is 7.31. The maximum absolute atomic E-state index is 9.17. The summed E-state index contributed by atoms with van der Waals surface area (Å²) in [7, 11) is 0. The van der Waals surface area contributed by atoms with E-state index in [1.54, 1.807) is 6.92 Å². The number of phenols is 2. The quantitative estimate of drug-likeness (QED) is 0.537. The first-order chi connectivity index (χ1) is 6.00. The minimum Gasteiger partial charge on any atom is -0.508 e. The smallest absolute Gasteiger partial charge is 0.119 e. The Labute approximate surface area is 76.2 Å². The van der Waals surface area contributed by atoms with Crippen LogP contribution in [-0.4, -0.2) is 21.4 Å². The van der Waals surface area contributed by atoms with Crippen molar-refractivity contribution in [1.82, 2.24) is 0 Å². The SMILES string of the molecule is C[C@@H](O)[C@@H](N)c1cc(O)cc(O)c1. The first kappa shape index (κ1) is 9.83. The van der Waals surface area contributed by atoms with E-state index in [4.69, 9.17) is 21.1 Å². The van der Waals surface area contributed by atoms with Gasteiger partial charge in [0.15, 0.2) is 0 Å². The largest absolute Gasteiger partial charge is 0.508 e. The molecule has 0 aliphatic carbocycles. The van der Waals surface area contributed by atoms with Crippen LogP contribution in [0.5, 0.6) is 11.5 Å². The van der Waals surface area contributed by atoms with E-state index in [0.29, 0.717) is 5.56 Å². The van der Waals surface area contributed by atoms with E-state index >= 15 is 0 Å². The number of hydrogen-bond donors (Lipinski definition) is 4. The van der Waals surface area contributed by atoms with Crippen LogP contribution in [0.2, 0.25) is 0 Å². The Morgan fingerprint density at radius 2 is 1.62 bits per heavy atom. The van der Waals surface area contributed by atoms with Gasteiger partial charge in [-0.15, -0.1) is 0 Å². The van der Waals surface area contributed by atoms with Crippen LogP contribution in [0.15, 0.2) is 18.2 Å². The molecule has 0 aromatic heterocycles. The molecule has 0 bridgehead atoms. The number of aromatic hydroxyl groups is 2. The van der Waals surface area contributed by atoms with E-state index in [1.165, 1.54) is 18.2 Å². The molecule has 0 saturated heterocycles. The number of rotatable bonds is 2. The summed E-state index contributed by atoms with van der Waals surface area (Å²) in [5, 5.41) is 27.4. The molecule has 1 aromatic carbocycles. The molecule has 0 amide bonds. The Hall–Kier alpha value is -1.26. The van der Waals surface area contributed by atoms with Gasteiger partial charge in [0, 0.05) is 6.07 Å². The fourth-order valence-corrected chi connectivity index (χ4v) is 1.09. The maximum Gasteiger partial charge on any atom is 0.119 e. The van der Waals surface area contributed by atoms with E-state index in [2.05, 4.69) is 0 Å². The van der Waals surface area contributed by atoms with E-state index < -0.39 is 12.1 Å². The first-order valence-corrected chi connectivity index (χ1v) is 3.97. The number of hydrogen-bond acceptors (Lipinski definition) is 4. The zero-order valence-corrected chi connectivity index (χ0v) is 7.31. The molecule has 5 N–H and O–H groups in total. The lowest BCUT2D eigenvalue weighted by Crippen LogP contribution is -2.22. The Morgan fingerprint density at radius 1 is 1.15 bits per heavy atom. The molecule has 2 atom stereocenters. The monoisotopic (exact) mass is 183 g/mol. The predicted molar refractivity (Wildman–Crippen MR) is 48.4 cm³/mol. The van der Waals surface area contributed by atoms with Crippen molar-refractivity contribution in [2.75, 3.05) is 0 Å². The lowest BCUT2D eigenvalue weighted by molar-refractivity contribution is 0.164. The Balaban J connectivity index is 3.01. The van der Waals surface area contributed by atoms with Gasteiger partial charge < -0.3 is 21.1 Å². The van der Waals surface area contributed by atoms with Gasteiger partial charge in [-0.05, 0) is 24.6 Å². The lowest BCUT2D eigenvalue weighted by atomic mass is 10.0. The second-order valence-electron chi connectivity index (χ2n) is 3.05. The minimum atomic E-state index is -0.721. The number of aliphatic hydroxyl groups is 1. The maximum atomic E-state index is 9.17. The predicted octanol–water partition coefficient (Wildman–Crippen LogP) is 0.478. The summed E-state index contributed by atoms with van der Waals surface area (Å²) < 4.78 is 0. The third-order valence-electron chi connectivity index (χ3n) is 1.83. The van der Waals surface area contributed by atoms with E-state index in [-0.39, 0.29) is 11.5 Å². The summed E-state index contributed by atoms with van der Waals surface area (Å²) in [5.41, 5.74) is 6.11. The Morgan fingerprint density at radius 3 is 2.00 bits per heavy atom. The molecule has 72 valence electrons. The molecular formula is C9H13NO3. The molecule has 0 unspecified atom stereocenters. The Bertz CT molecular complexity index is 279. The molecule has 0 heterocycles. The summed E-state index contributed by atoms with van der Waals surface area (Å²) in [4.78, 5) is 0. The van der Waals surface area contributed by atoms with Gasteiger partial charge in [0.05, 0.1) is 12.1 Å². The van der Waals surface area contributed by atoms with Crippen LogP contribution in [-0.2, 0) is 0 Å². The minimum absolute atomic E-state index is 0.0638. The highest BCUT2D eigenvalue weighted by molar-refractivity contribution is 5.38. The molecule has 0 radical (unpaired) electrons. The molecule has 0 saturated carbocycles. The topological polar surface area (TPSA) is 86.7 Å². The van der Waals surface area contributed by atoms with Crippen LogP contribution in [0.4, 0.5) is 0 Å². The third kappa shape index (κ3) is 2.34. The second kappa shape index (κ2) is 3.64. The molecule has 1 aromatic rings. The molecule has 1 rings (SSSR count). The number of phenolic OH excluding ortho intramolecular Hbond substituents is 2. The second-order valence-corrected chi connectivity index (χ2v) is 3.05. The molecule has 0 aliphatic rings. The summed E-state index contributed by atoms with van der Waals surface area (Å²) in [6.45, 7) is 1.55. The number of aliphatic hydroxyl groups excluding tert-OH is 1. The van der Waals surface area contributed by atoms with Gasteiger partial charge >= 0.3 is 0 Å². The summed E-state index contributed by atoms with van der Waals surface area (Å²) in [5.74, 6) is -0.128. The van der Waals surface area contributed by atoms with Gasteiger partial charge in [0.2, 0.25) is 0 Å². The number of benzene rings is 1. The zero-order chi connectivity index (χ0) is 10.0. The highest BCUT2D eigenvalue weighted by Crippen LogP contribution is 2.25. The highest BCUT2D eigenvalue weighted by Gasteiger charge is 2.13. The molecule has 13 heavy (non-hydrogen) atoms. The average molecular weight is 183 g/mol. The van der Waals surface area contributed by atoms with Crippen molar-refractivity contribution in [2.45, 2.75) is 19.1 Å². The van der Waals surface area contributed by atoms with Crippen molar-refractivity contribution < 1.29 is 15.3 Å². The fourth-order valence-electron chi connectivity index (χ4n) is 1.09. The molecule has 4 nitrogen and oxygen atoms in total. The van der Waals surface area contributed by atoms with Gasteiger partial charge in [-0.3, -0.25) is 0 Å². The Kier molecular flexibility index (Phi) is 2.75. The van der Waals surface area contributed by atoms with Crippen molar-refractivity contribution in [1.29, 1.82) is 0 Å². The van der Waals surface area contributed by atoms with Crippen LogP contribution in [0.3, 0.4) is 0 Å². The van der Waals surface area contributed by atoms with Gasteiger partial charge in [0.25, 0.3) is 0 Å². The van der Waals surface area contributed by atoms with Gasteiger partial charge in [-0.2, -0.15) is 0 Å². The summed E-state index contributed by atoms with van der Waals surface area (Å²) >= 11 is 0. The van der Waals surface area contributed by atoms with E-state index in [0.717, 1.165) is 0 Å². The standard InChI is InChI=1S/C9H13NO3/c1-5(11)9(10)6-2-7(12)4-8(13)3-6/h2-5,9,11-13H,10H2,1H3/t5-,9-/m1/s1. The highest BCUT2D eigenvalue weighted by atomic mass is 16.3. The van der Waals surface area contributed by atoms with Crippen molar-refractivity contribution in [3.8, 4) is 11.5 Å². The van der Waals surface area contributed by atoms with Crippen LogP contribution >= 0.6 is 0 Å². The van der Waals surface area contributed by atoms with E-state index in [1.807, 2.05) is 0 Å². The van der Waals surface area contributed by atoms with Crippen LogP contribution < -0.4 is 5.73 Å². The van der Waals surface area contributed by atoms with Gasteiger partial charge in [-0.25, -0.2) is 0 Å².